The van der Waals surface area contributed by atoms with Crippen LogP contribution in [0.3, 0.4) is 0 Å². The molecular weight excluding hydrogens is 452 g/mol. The van der Waals surface area contributed by atoms with Crippen LogP contribution >= 0.6 is 0 Å². The Bertz CT molecular complexity index is 1370. The highest BCUT2D eigenvalue weighted by molar-refractivity contribution is 5.95. The van der Waals surface area contributed by atoms with Crippen LogP contribution in [0.15, 0.2) is 30.6 Å². The van der Waals surface area contributed by atoms with Crippen molar-refractivity contribution >= 4 is 33.9 Å². The number of imidazole rings is 1. The SMILES string of the molecule is Cc1nc2ccc(-c3c[nH]c4nc(NC5CCC(C(=O)N(C)C)CC5)ncc34)cc2n1CC(F)F. The molecule has 0 bridgehead atoms. The Morgan fingerprint density at radius 3 is 2.71 bits per heavy atom. The van der Waals surface area contributed by atoms with Crippen molar-refractivity contribution in [1.29, 1.82) is 0 Å². The summed E-state index contributed by atoms with van der Waals surface area (Å²) in [5.74, 6) is 1.41. The average molecular weight is 482 g/mol. The summed E-state index contributed by atoms with van der Waals surface area (Å²) >= 11 is 0. The highest BCUT2D eigenvalue weighted by atomic mass is 19.3. The molecule has 184 valence electrons. The number of rotatable bonds is 6. The summed E-state index contributed by atoms with van der Waals surface area (Å²) in [5, 5.41) is 4.27. The molecule has 0 radical (unpaired) electrons. The van der Waals surface area contributed by atoms with Gasteiger partial charge in [0.1, 0.15) is 11.5 Å². The van der Waals surface area contributed by atoms with Crippen LogP contribution in [0.2, 0.25) is 0 Å². The molecule has 1 fully saturated rings. The summed E-state index contributed by atoms with van der Waals surface area (Å²) in [6.45, 7) is 1.35. The van der Waals surface area contributed by atoms with Gasteiger partial charge in [0.15, 0.2) is 0 Å². The molecule has 0 aliphatic heterocycles. The Labute approximate surface area is 201 Å². The van der Waals surface area contributed by atoms with E-state index in [-0.39, 0.29) is 24.4 Å². The first-order valence-corrected chi connectivity index (χ1v) is 11.9. The number of H-pyrrole nitrogens is 1. The monoisotopic (exact) mass is 481 g/mol. The van der Waals surface area contributed by atoms with Crippen LogP contribution in [-0.2, 0) is 11.3 Å². The summed E-state index contributed by atoms with van der Waals surface area (Å²) in [7, 11) is 3.61. The number of nitrogens with zero attached hydrogens (tertiary/aromatic N) is 5. The molecule has 2 N–H and O–H groups in total. The Morgan fingerprint density at radius 1 is 1.23 bits per heavy atom. The molecule has 0 spiro atoms. The third-order valence-corrected chi connectivity index (χ3v) is 6.85. The Morgan fingerprint density at radius 2 is 2.00 bits per heavy atom. The van der Waals surface area contributed by atoms with E-state index in [0.717, 1.165) is 42.2 Å². The van der Waals surface area contributed by atoms with E-state index < -0.39 is 6.43 Å². The van der Waals surface area contributed by atoms with Gasteiger partial charge in [-0.3, -0.25) is 4.79 Å². The van der Waals surface area contributed by atoms with E-state index >= 15 is 0 Å². The molecule has 0 atom stereocenters. The lowest BCUT2D eigenvalue weighted by molar-refractivity contribution is -0.133. The molecule has 1 aromatic carbocycles. The molecule has 10 heteroatoms. The van der Waals surface area contributed by atoms with Gasteiger partial charge in [-0.25, -0.2) is 18.7 Å². The number of amides is 1. The van der Waals surface area contributed by atoms with Crippen LogP contribution < -0.4 is 5.32 Å². The van der Waals surface area contributed by atoms with E-state index in [2.05, 4.69) is 25.3 Å². The van der Waals surface area contributed by atoms with Gasteiger partial charge in [0.2, 0.25) is 11.9 Å². The van der Waals surface area contributed by atoms with E-state index in [0.29, 0.717) is 28.5 Å². The third kappa shape index (κ3) is 4.56. The average Bonchev–Trinajstić information content (AvgIpc) is 3.39. The van der Waals surface area contributed by atoms with Crippen molar-refractivity contribution in [2.75, 3.05) is 19.4 Å². The van der Waals surface area contributed by atoms with Crippen molar-refractivity contribution < 1.29 is 13.6 Å². The molecule has 1 amide bonds. The fraction of sp³-hybridized carbons (Fsp3) is 0.440. The standard InChI is InChI=1S/C25H29F2N7O/c1-14-30-20-9-6-16(10-21(20)34(14)13-22(26)27)18-11-28-23-19(18)12-29-25(32-23)31-17-7-4-15(5-8-17)24(35)33(2)3/h6,9-12,15,17,22H,4-5,7-8,13H2,1-3H3,(H2,28,29,31,32). The van der Waals surface area contributed by atoms with Crippen molar-refractivity contribution in [1.82, 2.24) is 29.4 Å². The molecule has 0 saturated heterocycles. The summed E-state index contributed by atoms with van der Waals surface area (Å²) in [6, 6.07) is 5.91. The van der Waals surface area contributed by atoms with Gasteiger partial charge in [0, 0.05) is 49.4 Å². The first-order valence-electron chi connectivity index (χ1n) is 11.9. The van der Waals surface area contributed by atoms with Crippen LogP contribution in [0.4, 0.5) is 14.7 Å². The van der Waals surface area contributed by atoms with E-state index in [1.807, 2.05) is 24.4 Å². The molecule has 4 aromatic rings. The lowest BCUT2D eigenvalue weighted by Crippen LogP contribution is -2.35. The van der Waals surface area contributed by atoms with Gasteiger partial charge < -0.3 is 19.8 Å². The first-order chi connectivity index (χ1) is 16.8. The van der Waals surface area contributed by atoms with Gasteiger partial charge in [-0.15, -0.1) is 0 Å². The van der Waals surface area contributed by atoms with E-state index in [4.69, 9.17) is 0 Å². The number of carbonyl (C=O) groups is 1. The molecule has 35 heavy (non-hydrogen) atoms. The number of alkyl halides is 2. The van der Waals surface area contributed by atoms with E-state index in [1.54, 1.807) is 36.7 Å². The summed E-state index contributed by atoms with van der Waals surface area (Å²) in [5.41, 5.74) is 3.85. The quantitative estimate of drug-likeness (QED) is 0.420. The number of nitrogens with one attached hydrogen (secondary N) is 2. The van der Waals surface area contributed by atoms with Crippen LogP contribution in [0.1, 0.15) is 31.5 Å². The molecule has 1 aliphatic rings. The lowest BCUT2D eigenvalue weighted by atomic mass is 9.85. The minimum Gasteiger partial charge on any atom is -0.351 e. The predicted molar refractivity (Wildman–Crippen MR) is 131 cm³/mol. The van der Waals surface area contributed by atoms with Crippen LogP contribution in [0.25, 0.3) is 33.2 Å². The number of anilines is 1. The van der Waals surface area contributed by atoms with Gasteiger partial charge in [0.05, 0.1) is 17.6 Å². The van der Waals surface area contributed by atoms with Gasteiger partial charge in [0.25, 0.3) is 6.43 Å². The number of carbonyl (C=O) groups excluding carboxylic acids is 1. The Hall–Kier alpha value is -3.56. The van der Waals surface area contributed by atoms with Crippen LogP contribution in [0.5, 0.6) is 0 Å². The van der Waals surface area contributed by atoms with E-state index in [1.165, 1.54) is 0 Å². The first kappa shape index (κ1) is 23.2. The van der Waals surface area contributed by atoms with E-state index in [9.17, 15) is 13.6 Å². The van der Waals surface area contributed by atoms with Crippen molar-refractivity contribution in [3.8, 4) is 11.1 Å². The number of fused-ring (bicyclic) bond motifs is 2. The van der Waals surface area contributed by atoms with Gasteiger partial charge in [-0.2, -0.15) is 4.98 Å². The summed E-state index contributed by atoms with van der Waals surface area (Å²) in [6.07, 6.45) is 4.69. The van der Waals surface area contributed by atoms with Gasteiger partial charge in [-0.05, 0) is 50.3 Å². The lowest BCUT2D eigenvalue weighted by Gasteiger charge is -2.29. The van der Waals surface area contributed by atoms with Crippen LogP contribution in [0, 0.1) is 12.8 Å². The maximum Gasteiger partial charge on any atom is 0.256 e. The van der Waals surface area contributed by atoms with Crippen LogP contribution in [-0.4, -0.2) is 61.9 Å². The number of hydrogen-bond donors (Lipinski definition) is 2. The fourth-order valence-electron chi connectivity index (χ4n) is 5.03. The second kappa shape index (κ2) is 9.24. The molecule has 0 unspecified atom stereocenters. The Kier molecular flexibility index (Phi) is 6.12. The number of aromatic nitrogens is 5. The van der Waals surface area contributed by atoms with Crippen molar-refractivity contribution in [2.24, 2.45) is 5.92 Å². The van der Waals surface area contributed by atoms with Crippen molar-refractivity contribution in [3.63, 3.8) is 0 Å². The Balaban J connectivity index is 1.35. The number of aryl methyl sites for hydroxylation is 1. The zero-order chi connectivity index (χ0) is 24.7. The number of aromatic amines is 1. The predicted octanol–water partition coefficient (Wildman–Crippen LogP) is 4.61. The molecule has 3 heterocycles. The molecular formula is C25H29F2N7O. The second-order valence-corrected chi connectivity index (χ2v) is 9.45. The highest BCUT2D eigenvalue weighted by Crippen LogP contribution is 2.32. The van der Waals surface area contributed by atoms with Crippen molar-refractivity contribution in [2.45, 2.75) is 51.6 Å². The number of halogens is 2. The second-order valence-electron chi connectivity index (χ2n) is 9.45. The normalized spacial score (nSPS) is 18.5. The molecule has 1 aliphatic carbocycles. The minimum absolute atomic E-state index is 0.0931. The molecule has 1 saturated carbocycles. The highest BCUT2D eigenvalue weighted by Gasteiger charge is 2.27. The number of hydrogen-bond acceptors (Lipinski definition) is 5. The van der Waals surface area contributed by atoms with Gasteiger partial charge in [-0.1, -0.05) is 6.07 Å². The van der Waals surface area contributed by atoms with Gasteiger partial charge >= 0.3 is 0 Å². The third-order valence-electron chi connectivity index (χ3n) is 6.85. The zero-order valence-electron chi connectivity index (χ0n) is 20.1. The maximum atomic E-state index is 13.1. The van der Waals surface area contributed by atoms with Crippen molar-refractivity contribution in [3.05, 3.63) is 36.4 Å². The largest absolute Gasteiger partial charge is 0.351 e. The maximum absolute atomic E-state index is 13.1. The molecule has 8 nitrogen and oxygen atoms in total. The topological polar surface area (TPSA) is 91.7 Å². The zero-order valence-corrected chi connectivity index (χ0v) is 20.1. The molecule has 5 rings (SSSR count). The minimum atomic E-state index is -2.45. The summed E-state index contributed by atoms with van der Waals surface area (Å²) in [4.78, 5) is 30.7. The summed E-state index contributed by atoms with van der Waals surface area (Å²) < 4.78 is 27.7. The smallest absolute Gasteiger partial charge is 0.256 e. The fourth-order valence-corrected chi connectivity index (χ4v) is 5.03. The molecule has 3 aromatic heterocycles. The number of benzene rings is 1.